The summed E-state index contributed by atoms with van der Waals surface area (Å²) in [7, 11) is 0. The zero-order valence-electron chi connectivity index (χ0n) is 15.2. The number of nitrogens with zero attached hydrogens (tertiary/aromatic N) is 3. The van der Waals surface area contributed by atoms with E-state index in [0.717, 1.165) is 5.69 Å². The van der Waals surface area contributed by atoms with E-state index in [1.54, 1.807) is 11.0 Å². The minimum absolute atomic E-state index is 0.0199. The summed E-state index contributed by atoms with van der Waals surface area (Å²) in [6, 6.07) is 4.44. The lowest BCUT2D eigenvalue weighted by Crippen LogP contribution is -2.50. The maximum absolute atomic E-state index is 12.1. The highest BCUT2D eigenvalue weighted by Crippen LogP contribution is 2.33. The van der Waals surface area contributed by atoms with Crippen molar-refractivity contribution >= 4 is 17.5 Å². The van der Waals surface area contributed by atoms with Crippen molar-refractivity contribution in [3.05, 3.63) is 28.3 Å². The predicted octanol–water partition coefficient (Wildman–Crippen LogP) is 2.66. The number of benzene rings is 1. The van der Waals surface area contributed by atoms with Crippen LogP contribution in [-0.2, 0) is 4.74 Å². The number of nitro benzene ring substituents is 1. The molecule has 0 spiro atoms. The monoisotopic (exact) mass is 361 g/mol. The van der Waals surface area contributed by atoms with E-state index >= 15 is 0 Å². The molecule has 0 radical (unpaired) electrons. The number of nitro groups is 1. The Labute approximate surface area is 152 Å². The van der Waals surface area contributed by atoms with Crippen LogP contribution in [0.4, 0.5) is 16.2 Å². The van der Waals surface area contributed by atoms with E-state index in [-0.39, 0.29) is 18.4 Å². The van der Waals surface area contributed by atoms with Crippen molar-refractivity contribution in [1.29, 1.82) is 0 Å². The molecule has 0 aliphatic carbocycles. The molecule has 1 saturated heterocycles. The molecule has 0 aromatic heterocycles. The van der Waals surface area contributed by atoms with Crippen molar-refractivity contribution in [2.24, 2.45) is 0 Å². The molecule has 1 fully saturated rings. The van der Waals surface area contributed by atoms with Crippen LogP contribution in [0.25, 0.3) is 0 Å². The molecule has 8 nitrogen and oxygen atoms in total. The van der Waals surface area contributed by atoms with E-state index in [1.807, 2.05) is 25.7 Å². The van der Waals surface area contributed by atoms with Crippen LogP contribution in [0.15, 0.2) is 18.2 Å². The van der Waals surface area contributed by atoms with E-state index in [2.05, 4.69) is 5.92 Å². The van der Waals surface area contributed by atoms with Crippen molar-refractivity contribution in [2.45, 2.75) is 26.4 Å². The molecule has 8 heteroatoms. The fraction of sp³-hybridized carbons (Fsp3) is 0.500. The van der Waals surface area contributed by atoms with Crippen LogP contribution in [0.1, 0.15) is 20.8 Å². The third-order valence-corrected chi connectivity index (χ3v) is 3.74. The average molecular weight is 361 g/mol. The summed E-state index contributed by atoms with van der Waals surface area (Å²) < 4.78 is 10.9. The zero-order valence-corrected chi connectivity index (χ0v) is 15.2. The Hall–Kier alpha value is -2.95. The van der Waals surface area contributed by atoms with Crippen LogP contribution in [0.3, 0.4) is 0 Å². The second kappa shape index (κ2) is 7.95. The zero-order chi connectivity index (χ0) is 19.3. The molecule has 1 aromatic rings. The number of amides is 1. The summed E-state index contributed by atoms with van der Waals surface area (Å²) in [4.78, 5) is 26.3. The summed E-state index contributed by atoms with van der Waals surface area (Å²) >= 11 is 0. The van der Waals surface area contributed by atoms with Gasteiger partial charge in [-0.05, 0) is 26.8 Å². The lowest BCUT2D eigenvalue weighted by atomic mass is 10.2. The van der Waals surface area contributed by atoms with Gasteiger partial charge in [-0.3, -0.25) is 10.1 Å². The van der Waals surface area contributed by atoms with Gasteiger partial charge in [0.15, 0.2) is 5.75 Å². The highest BCUT2D eigenvalue weighted by atomic mass is 16.6. The van der Waals surface area contributed by atoms with E-state index in [4.69, 9.17) is 15.9 Å². The number of terminal acetylenes is 1. The van der Waals surface area contributed by atoms with Gasteiger partial charge in [0.05, 0.1) is 16.7 Å². The summed E-state index contributed by atoms with van der Waals surface area (Å²) in [6.45, 7) is 7.59. The van der Waals surface area contributed by atoms with Crippen molar-refractivity contribution in [1.82, 2.24) is 4.90 Å². The summed E-state index contributed by atoms with van der Waals surface area (Å²) in [5.41, 5.74) is 0.117. The van der Waals surface area contributed by atoms with Crippen LogP contribution < -0.4 is 9.64 Å². The van der Waals surface area contributed by atoms with Gasteiger partial charge < -0.3 is 19.3 Å². The van der Waals surface area contributed by atoms with E-state index in [1.165, 1.54) is 12.1 Å². The Morgan fingerprint density at radius 3 is 2.50 bits per heavy atom. The second-order valence-electron chi connectivity index (χ2n) is 6.86. The van der Waals surface area contributed by atoms with Crippen molar-refractivity contribution in [2.75, 3.05) is 37.7 Å². The fourth-order valence-electron chi connectivity index (χ4n) is 2.57. The maximum Gasteiger partial charge on any atom is 0.410 e. The first kappa shape index (κ1) is 19.4. The number of hydrogen-bond acceptors (Lipinski definition) is 6. The van der Waals surface area contributed by atoms with Crippen LogP contribution in [0, 0.1) is 22.5 Å². The molecule has 0 N–H and O–H groups in total. The highest BCUT2D eigenvalue weighted by Gasteiger charge is 2.27. The Balaban J connectivity index is 2.09. The van der Waals surface area contributed by atoms with Gasteiger partial charge in [0.1, 0.15) is 12.2 Å². The third-order valence-electron chi connectivity index (χ3n) is 3.74. The van der Waals surface area contributed by atoms with Crippen LogP contribution in [-0.4, -0.2) is 54.3 Å². The topological polar surface area (TPSA) is 85.2 Å². The molecule has 26 heavy (non-hydrogen) atoms. The Kier molecular flexibility index (Phi) is 5.93. The summed E-state index contributed by atoms with van der Waals surface area (Å²) in [6.07, 6.45) is 4.88. The predicted molar refractivity (Wildman–Crippen MR) is 97.4 cm³/mol. The van der Waals surface area contributed by atoms with Gasteiger partial charge in [0, 0.05) is 32.2 Å². The van der Waals surface area contributed by atoms with E-state index in [9.17, 15) is 14.9 Å². The Bertz CT molecular complexity index is 713. The molecule has 1 aromatic carbocycles. The highest BCUT2D eigenvalue weighted by molar-refractivity contribution is 5.69. The fourth-order valence-corrected chi connectivity index (χ4v) is 2.57. The molecule has 1 aliphatic heterocycles. The summed E-state index contributed by atoms with van der Waals surface area (Å²) in [5.74, 6) is 2.72. The van der Waals surface area contributed by atoms with Crippen LogP contribution in [0.2, 0.25) is 0 Å². The largest absolute Gasteiger partial charge is 0.479 e. The third kappa shape index (κ3) is 5.02. The molecule has 2 rings (SSSR count). The smallest absolute Gasteiger partial charge is 0.410 e. The van der Waals surface area contributed by atoms with Gasteiger partial charge in [-0.25, -0.2) is 4.79 Å². The molecule has 0 atom stereocenters. The van der Waals surface area contributed by atoms with Gasteiger partial charge in [-0.2, -0.15) is 0 Å². The minimum Gasteiger partial charge on any atom is -0.479 e. The molecular weight excluding hydrogens is 338 g/mol. The minimum atomic E-state index is -0.539. The van der Waals surface area contributed by atoms with Gasteiger partial charge in [0.2, 0.25) is 0 Å². The SMILES string of the molecule is C#CCOc1cc([N+](=O)[O-])ccc1N1CCN(C(=O)OC(C)(C)C)CC1. The average Bonchev–Trinajstić information content (AvgIpc) is 2.58. The molecule has 1 aliphatic rings. The Morgan fingerprint density at radius 1 is 1.31 bits per heavy atom. The second-order valence-corrected chi connectivity index (χ2v) is 6.86. The molecule has 140 valence electrons. The quantitative estimate of drug-likeness (QED) is 0.466. The van der Waals surface area contributed by atoms with E-state index in [0.29, 0.717) is 31.9 Å². The first-order valence-corrected chi connectivity index (χ1v) is 8.29. The first-order chi connectivity index (χ1) is 12.2. The van der Waals surface area contributed by atoms with Crippen molar-refractivity contribution in [3.63, 3.8) is 0 Å². The number of carbonyl (C=O) groups is 1. The number of anilines is 1. The molecular formula is C18H23N3O5. The number of carbonyl (C=O) groups excluding carboxylic acids is 1. The van der Waals surface area contributed by atoms with Gasteiger partial charge in [-0.15, -0.1) is 6.42 Å². The lowest BCUT2D eigenvalue weighted by Gasteiger charge is -2.37. The molecule has 0 saturated carbocycles. The van der Waals surface area contributed by atoms with Crippen LogP contribution in [0.5, 0.6) is 5.75 Å². The standard InChI is InChI=1S/C18H23N3O5/c1-5-12-25-16-13-14(21(23)24)6-7-15(16)19-8-10-20(11-9-19)17(22)26-18(2,3)4/h1,6-7,13H,8-12H2,2-4H3. The lowest BCUT2D eigenvalue weighted by molar-refractivity contribution is -0.384. The van der Waals surface area contributed by atoms with Crippen molar-refractivity contribution < 1.29 is 19.2 Å². The molecule has 0 unspecified atom stereocenters. The van der Waals surface area contributed by atoms with Gasteiger partial charge in [-0.1, -0.05) is 5.92 Å². The molecule has 1 heterocycles. The number of ether oxygens (including phenoxy) is 2. The Morgan fingerprint density at radius 2 is 1.96 bits per heavy atom. The van der Waals surface area contributed by atoms with E-state index < -0.39 is 10.5 Å². The van der Waals surface area contributed by atoms with Crippen molar-refractivity contribution in [3.8, 4) is 18.1 Å². The summed E-state index contributed by atoms with van der Waals surface area (Å²) in [5, 5.41) is 11.0. The number of piperazine rings is 1. The molecule has 1 amide bonds. The molecule has 0 bridgehead atoms. The van der Waals surface area contributed by atoms with Gasteiger partial charge >= 0.3 is 6.09 Å². The first-order valence-electron chi connectivity index (χ1n) is 8.29. The normalized spacial score (nSPS) is 14.5. The van der Waals surface area contributed by atoms with Crippen LogP contribution >= 0.6 is 0 Å². The maximum atomic E-state index is 12.1. The number of rotatable bonds is 4. The number of non-ortho nitro benzene ring substituents is 1. The van der Waals surface area contributed by atoms with Gasteiger partial charge in [0.25, 0.3) is 5.69 Å². The number of hydrogen-bond donors (Lipinski definition) is 0.